The lowest BCUT2D eigenvalue weighted by molar-refractivity contribution is -0.149. The lowest BCUT2D eigenvalue weighted by atomic mass is 10.2. The van der Waals surface area contributed by atoms with E-state index in [9.17, 15) is 19.0 Å². The minimum absolute atomic E-state index is 0.111. The quantitative estimate of drug-likeness (QED) is 0.402. The van der Waals surface area contributed by atoms with Crippen molar-refractivity contribution in [2.45, 2.75) is 39.3 Å². The molecule has 1 aromatic carbocycles. The van der Waals surface area contributed by atoms with Gasteiger partial charge in [0.1, 0.15) is 0 Å². The molecule has 2 rings (SSSR count). The van der Waals surface area contributed by atoms with Crippen molar-refractivity contribution in [1.82, 2.24) is 0 Å². The van der Waals surface area contributed by atoms with Crippen molar-refractivity contribution >= 4 is 27.1 Å². The second-order valence-corrected chi connectivity index (χ2v) is 11.4. The number of esters is 1. The highest BCUT2D eigenvalue weighted by atomic mass is 31.3. The highest BCUT2D eigenvalue weighted by molar-refractivity contribution is 7.78. The Morgan fingerprint density at radius 1 is 1.21 bits per heavy atom. The van der Waals surface area contributed by atoms with Crippen LogP contribution in [0.2, 0.25) is 0 Å². The van der Waals surface area contributed by atoms with E-state index in [0.29, 0.717) is 0 Å². The SMILES string of the molecule is CCO[P+](O)(CP1(=O)O[C@H](COCc2ccccc2)C(=O)[C@@H]1OC(C)=O)OCC. The van der Waals surface area contributed by atoms with E-state index in [1.165, 1.54) is 0 Å². The summed E-state index contributed by atoms with van der Waals surface area (Å²) in [5, 5.41) is 0. The van der Waals surface area contributed by atoms with Crippen molar-refractivity contribution < 1.29 is 42.1 Å². The Kier molecular flexibility index (Phi) is 8.91. The zero-order chi connectivity index (χ0) is 21.5. The first-order chi connectivity index (χ1) is 13.7. The first-order valence-electron chi connectivity index (χ1n) is 9.22. The summed E-state index contributed by atoms with van der Waals surface area (Å²) in [4.78, 5) is 34.8. The molecule has 0 amide bonds. The van der Waals surface area contributed by atoms with Gasteiger partial charge in [-0.15, -0.1) is 0 Å². The highest BCUT2D eigenvalue weighted by Gasteiger charge is 2.62. The molecule has 162 valence electrons. The highest BCUT2D eigenvalue weighted by Crippen LogP contribution is 2.72. The Hall–Kier alpha value is -1.18. The van der Waals surface area contributed by atoms with Gasteiger partial charge in [0.05, 0.1) is 26.4 Å². The summed E-state index contributed by atoms with van der Waals surface area (Å²) >= 11 is 0. The average molecular weight is 449 g/mol. The molecule has 11 heteroatoms. The third-order valence-electron chi connectivity index (χ3n) is 3.92. The van der Waals surface area contributed by atoms with Crippen LogP contribution in [0.4, 0.5) is 0 Å². The lowest BCUT2D eigenvalue weighted by Crippen LogP contribution is -2.30. The van der Waals surface area contributed by atoms with Crippen LogP contribution in [-0.4, -0.2) is 54.3 Å². The predicted octanol–water partition coefficient (Wildman–Crippen LogP) is 3.12. The molecule has 0 aliphatic carbocycles. The minimum Gasteiger partial charge on any atom is -0.444 e. The third-order valence-corrected chi connectivity index (χ3v) is 9.94. The Balaban J connectivity index is 2.13. The summed E-state index contributed by atoms with van der Waals surface area (Å²) in [7, 11) is -7.53. The maximum absolute atomic E-state index is 13.4. The number of hydrogen-bond acceptors (Lipinski definition) is 9. The van der Waals surface area contributed by atoms with Gasteiger partial charge in [-0.25, -0.2) is 0 Å². The number of ether oxygens (including phenoxy) is 2. The molecule has 0 saturated carbocycles. The molecule has 1 heterocycles. The molecular formula is C18H27O9P2+. The molecule has 1 aliphatic rings. The van der Waals surface area contributed by atoms with Gasteiger partial charge >= 0.3 is 13.9 Å². The van der Waals surface area contributed by atoms with Gasteiger partial charge in [-0.2, -0.15) is 13.9 Å². The molecule has 29 heavy (non-hydrogen) atoms. The summed E-state index contributed by atoms with van der Waals surface area (Å²) < 4.78 is 40.0. The van der Waals surface area contributed by atoms with E-state index in [1.807, 2.05) is 30.3 Å². The Labute approximate surface area is 170 Å². The van der Waals surface area contributed by atoms with Crippen LogP contribution < -0.4 is 0 Å². The monoisotopic (exact) mass is 449 g/mol. The second kappa shape index (κ2) is 10.7. The molecule has 9 nitrogen and oxygen atoms in total. The second-order valence-electron chi connectivity index (χ2n) is 6.30. The first-order valence-corrected chi connectivity index (χ1v) is 12.9. The third kappa shape index (κ3) is 6.66. The van der Waals surface area contributed by atoms with Gasteiger partial charge in [0, 0.05) is 6.92 Å². The van der Waals surface area contributed by atoms with E-state index in [1.54, 1.807) is 13.8 Å². The summed E-state index contributed by atoms with van der Waals surface area (Å²) in [6.45, 7) is 4.67. The van der Waals surface area contributed by atoms with E-state index in [2.05, 4.69) is 0 Å². The number of benzene rings is 1. The molecule has 1 fully saturated rings. The Morgan fingerprint density at radius 2 is 1.83 bits per heavy atom. The normalized spacial score (nSPS) is 24.6. The first kappa shape index (κ1) is 24.1. The molecule has 1 aliphatic heterocycles. The van der Waals surface area contributed by atoms with Gasteiger partial charge in [0.25, 0.3) is 7.37 Å². The smallest absolute Gasteiger partial charge is 0.419 e. The van der Waals surface area contributed by atoms with Gasteiger partial charge in [-0.3, -0.25) is 14.2 Å². The fourth-order valence-corrected chi connectivity index (χ4v) is 8.78. The van der Waals surface area contributed by atoms with Crippen molar-refractivity contribution in [3.63, 3.8) is 0 Å². The molecule has 1 saturated heterocycles. The fraction of sp³-hybridized carbons (Fsp3) is 0.556. The molecule has 0 radical (unpaired) electrons. The molecular weight excluding hydrogens is 422 g/mol. The average Bonchev–Trinajstić information content (AvgIpc) is 2.86. The predicted molar refractivity (Wildman–Crippen MR) is 106 cm³/mol. The van der Waals surface area contributed by atoms with Crippen LogP contribution in [0.25, 0.3) is 0 Å². The summed E-state index contributed by atoms with van der Waals surface area (Å²) in [6.07, 6.45) is -1.19. The van der Waals surface area contributed by atoms with Crippen LogP contribution in [0.3, 0.4) is 0 Å². The number of rotatable bonds is 11. The molecule has 0 bridgehead atoms. The van der Waals surface area contributed by atoms with Crippen molar-refractivity contribution in [2.24, 2.45) is 0 Å². The van der Waals surface area contributed by atoms with Crippen molar-refractivity contribution in [3.05, 3.63) is 35.9 Å². The number of ketones is 1. The van der Waals surface area contributed by atoms with E-state index >= 15 is 0 Å². The number of carbonyl (C=O) groups excluding carboxylic acids is 2. The van der Waals surface area contributed by atoms with Crippen LogP contribution in [-0.2, 0) is 43.8 Å². The molecule has 0 aromatic heterocycles. The van der Waals surface area contributed by atoms with Crippen molar-refractivity contribution in [2.75, 3.05) is 25.7 Å². The summed E-state index contributed by atoms with van der Waals surface area (Å²) in [5.74, 6) is -3.64. The van der Waals surface area contributed by atoms with Crippen molar-refractivity contribution in [3.8, 4) is 0 Å². The fourth-order valence-electron chi connectivity index (χ4n) is 2.82. The van der Waals surface area contributed by atoms with Crippen LogP contribution in [0.5, 0.6) is 0 Å². The Morgan fingerprint density at radius 3 is 2.38 bits per heavy atom. The summed E-state index contributed by atoms with van der Waals surface area (Å²) in [5.41, 5.74) is 0.894. The number of hydrogen-bond donors (Lipinski definition) is 1. The molecule has 0 spiro atoms. The van der Waals surface area contributed by atoms with Crippen LogP contribution >= 0.6 is 15.3 Å². The van der Waals surface area contributed by atoms with Gasteiger partial charge in [-0.05, 0) is 19.4 Å². The molecule has 1 unspecified atom stereocenters. The van der Waals surface area contributed by atoms with Crippen LogP contribution in [0, 0.1) is 0 Å². The van der Waals surface area contributed by atoms with Crippen molar-refractivity contribution in [1.29, 1.82) is 0 Å². The topological polar surface area (TPSA) is 118 Å². The zero-order valence-corrected chi connectivity index (χ0v) is 18.5. The van der Waals surface area contributed by atoms with E-state index in [4.69, 9.17) is 23.0 Å². The van der Waals surface area contributed by atoms with Gasteiger partial charge < -0.3 is 14.0 Å². The number of carbonyl (C=O) groups is 2. The van der Waals surface area contributed by atoms with Gasteiger partial charge in [0.2, 0.25) is 17.5 Å². The lowest BCUT2D eigenvalue weighted by Gasteiger charge is -2.21. The van der Waals surface area contributed by atoms with E-state index in [0.717, 1.165) is 12.5 Å². The molecule has 1 N–H and O–H groups in total. The summed E-state index contributed by atoms with van der Waals surface area (Å²) in [6, 6.07) is 9.30. The Bertz CT molecular complexity index is 734. The van der Waals surface area contributed by atoms with E-state index < -0.39 is 44.9 Å². The zero-order valence-electron chi connectivity index (χ0n) is 16.7. The minimum atomic E-state index is -3.96. The number of Topliss-reactive ketones (excluding diaryl/α,β-unsaturated/α-hetero) is 1. The van der Waals surface area contributed by atoms with Crippen LogP contribution in [0.15, 0.2) is 30.3 Å². The standard InChI is InChI=1S/C18H27O9P2/c1-4-24-29(22,25-5-2)13-28(21)18(26-14(3)19)17(20)16(27-28)12-23-11-15-9-7-6-8-10-15/h6-10,16,18,22H,4-5,11-13H2,1-3H3/q+1/t16-,18-,28?/m1/s1. The van der Waals surface area contributed by atoms with Crippen LogP contribution in [0.1, 0.15) is 26.3 Å². The largest absolute Gasteiger partial charge is 0.444 e. The molecule has 1 aromatic rings. The maximum Gasteiger partial charge on any atom is 0.419 e. The maximum atomic E-state index is 13.4. The molecule has 3 atom stereocenters. The van der Waals surface area contributed by atoms with E-state index in [-0.39, 0.29) is 26.4 Å². The van der Waals surface area contributed by atoms with Gasteiger partial charge in [-0.1, -0.05) is 30.3 Å². The van der Waals surface area contributed by atoms with Gasteiger partial charge in [0.15, 0.2) is 6.10 Å².